The lowest BCUT2D eigenvalue weighted by Crippen LogP contribution is -2.35. The number of rotatable bonds is 8. The maximum Gasteiger partial charge on any atom is 0.284 e. The van der Waals surface area contributed by atoms with Crippen molar-refractivity contribution in [2.75, 3.05) is 31.3 Å². The van der Waals surface area contributed by atoms with Gasteiger partial charge < -0.3 is 18.9 Å². The second-order valence-electron chi connectivity index (χ2n) is 7.02. The van der Waals surface area contributed by atoms with Crippen molar-refractivity contribution in [1.82, 2.24) is 14.5 Å². The molecule has 32 heavy (non-hydrogen) atoms. The van der Waals surface area contributed by atoms with Crippen LogP contribution in [0.25, 0.3) is 11.7 Å². The Kier molecular flexibility index (Phi) is 6.82. The summed E-state index contributed by atoms with van der Waals surface area (Å²) in [7, 11) is -2.31. The zero-order valence-electron chi connectivity index (χ0n) is 17.3. The van der Waals surface area contributed by atoms with Crippen molar-refractivity contribution >= 4 is 33.4 Å². The summed E-state index contributed by atoms with van der Waals surface area (Å²) in [6, 6.07) is 7.95. The number of aromatic nitrogens is 2. The third kappa shape index (κ3) is 4.97. The minimum Gasteiger partial charge on any atom is -0.495 e. The number of carbonyl (C=O) groups is 1. The predicted octanol–water partition coefficient (Wildman–Crippen LogP) is 3.24. The first-order valence-corrected chi connectivity index (χ1v) is 12.4. The summed E-state index contributed by atoms with van der Waals surface area (Å²) in [6.07, 6.45) is 4.16. The number of ether oxygens (including phenoxy) is 1. The highest BCUT2D eigenvalue weighted by molar-refractivity contribution is 7.99. The van der Waals surface area contributed by atoms with Crippen LogP contribution in [0.1, 0.15) is 19.3 Å². The van der Waals surface area contributed by atoms with Crippen LogP contribution < -0.4 is 10.1 Å². The third-order valence-corrected chi connectivity index (χ3v) is 7.58. The van der Waals surface area contributed by atoms with Gasteiger partial charge in [0.15, 0.2) is 5.76 Å². The molecule has 0 bridgehead atoms. The molecule has 1 aliphatic heterocycles. The van der Waals surface area contributed by atoms with Gasteiger partial charge >= 0.3 is 0 Å². The van der Waals surface area contributed by atoms with E-state index >= 15 is 0 Å². The number of sulfonamides is 1. The molecule has 170 valence electrons. The molecule has 2 aromatic heterocycles. The second-order valence-corrected chi connectivity index (χ2v) is 9.85. The molecule has 0 radical (unpaired) electrons. The van der Waals surface area contributed by atoms with Gasteiger partial charge in [-0.15, -0.1) is 10.2 Å². The SMILES string of the molecule is COc1ccc(NC(=O)CSc2nnc(-c3ccco3)o2)cc1S(=O)(=O)N1CCCCC1. The lowest BCUT2D eigenvalue weighted by Gasteiger charge is -2.26. The molecule has 0 spiro atoms. The van der Waals surface area contributed by atoms with Crippen molar-refractivity contribution < 1.29 is 26.8 Å². The van der Waals surface area contributed by atoms with E-state index < -0.39 is 10.0 Å². The molecule has 0 aliphatic carbocycles. The molecule has 3 heterocycles. The Morgan fingerprint density at radius 1 is 1.22 bits per heavy atom. The van der Waals surface area contributed by atoms with Crippen LogP contribution in [0.3, 0.4) is 0 Å². The number of benzene rings is 1. The summed E-state index contributed by atoms with van der Waals surface area (Å²) in [5, 5.41) is 10.7. The first-order valence-electron chi connectivity index (χ1n) is 9.95. The number of nitrogens with zero attached hydrogens (tertiary/aromatic N) is 3. The van der Waals surface area contributed by atoms with Gasteiger partial charge in [-0.3, -0.25) is 4.79 Å². The minimum atomic E-state index is -3.73. The van der Waals surface area contributed by atoms with E-state index in [4.69, 9.17) is 13.6 Å². The number of hydrogen-bond acceptors (Lipinski definition) is 9. The molecule has 1 fully saturated rings. The van der Waals surface area contributed by atoms with Gasteiger partial charge in [0.2, 0.25) is 15.9 Å². The summed E-state index contributed by atoms with van der Waals surface area (Å²) in [4.78, 5) is 12.4. The largest absolute Gasteiger partial charge is 0.495 e. The number of nitrogens with one attached hydrogen (secondary N) is 1. The van der Waals surface area contributed by atoms with Crippen molar-refractivity contribution in [1.29, 1.82) is 0 Å². The average Bonchev–Trinajstić information content (AvgIpc) is 3.50. The number of anilines is 1. The van der Waals surface area contributed by atoms with Crippen LogP contribution in [-0.4, -0.2) is 54.8 Å². The Balaban J connectivity index is 1.42. The zero-order valence-corrected chi connectivity index (χ0v) is 18.9. The van der Waals surface area contributed by atoms with Gasteiger partial charge in [0, 0.05) is 18.8 Å². The van der Waals surface area contributed by atoms with Gasteiger partial charge in [-0.25, -0.2) is 8.42 Å². The van der Waals surface area contributed by atoms with Crippen molar-refractivity contribution in [2.45, 2.75) is 29.4 Å². The zero-order chi connectivity index (χ0) is 22.6. The van der Waals surface area contributed by atoms with Crippen LogP contribution >= 0.6 is 11.8 Å². The van der Waals surface area contributed by atoms with Gasteiger partial charge in [-0.1, -0.05) is 18.2 Å². The lowest BCUT2D eigenvalue weighted by molar-refractivity contribution is -0.113. The molecular formula is C20H22N4O6S2. The Morgan fingerprint density at radius 3 is 2.75 bits per heavy atom. The van der Waals surface area contributed by atoms with E-state index in [-0.39, 0.29) is 33.4 Å². The first-order chi connectivity index (χ1) is 15.5. The molecule has 1 saturated heterocycles. The monoisotopic (exact) mass is 478 g/mol. The predicted molar refractivity (Wildman–Crippen MR) is 117 cm³/mol. The average molecular weight is 479 g/mol. The fourth-order valence-corrected chi connectivity index (χ4v) is 5.55. The van der Waals surface area contributed by atoms with Crippen LogP contribution in [0, 0.1) is 0 Å². The third-order valence-electron chi connectivity index (χ3n) is 4.85. The normalized spacial score (nSPS) is 14.9. The molecule has 0 saturated carbocycles. The van der Waals surface area contributed by atoms with Gasteiger partial charge in [0.25, 0.3) is 11.1 Å². The molecule has 4 rings (SSSR count). The highest BCUT2D eigenvalue weighted by Gasteiger charge is 2.29. The maximum absolute atomic E-state index is 13.1. The summed E-state index contributed by atoms with van der Waals surface area (Å²) in [6.45, 7) is 0.950. The fourth-order valence-electron chi connectivity index (χ4n) is 3.29. The number of amides is 1. The Morgan fingerprint density at radius 2 is 2.03 bits per heavy atom. The van der Waals surface area contributed by atoms with Crippen LogP contribution in [0.15, 0.2) is 55.5 Å². The van der Waals surface area contributed by atoms with Gasteiger partial charge in [-0.2, -0.15) is 4.31 Å². The molecule has 1 N–H and O–H groups in total. The molecule has 1 amide bonds. The number of piperidine rings is 1. The Bertz CT molecular complexity index is 1170. The summed E-state index contributed by atoms with van der Waals surface area (Å²) < 4.78 is 43.6. The molecule has 12 heteroatoms. The number of thioether (sulfide) groups is 1. The maximum atomic E-state index is 13.1. The van der Waals surface area contributed by atoms with E-state index in [0.29, 0.717) is 24.5 Å². The second kappa shape index (κ2) is 9.76. The van der Waals surface area contributed by atoms with Crippen molar-refractivity contribution in [2.24, 2.45) is 0 Å². The van der Waals surface area contributed by atoms with Crippen molar-refractivity contribution in [3.63, 3.8) is 0 Å². The number of furan rings is 1. The molecule has 1 aliphatic rings. The van der Waals surface area contributed by atoms with Crippen molar-refractivity contribution in [3.05, 3.63) is 36.6 Å². The molecule has 0 unspecified atom stereocenters. The molecular weight excluding hydrogens is 456 g/mol. The summed E-state index contributed by atoms with van der Waals surface area (Å²) in [5.74, 6) is 0.550. The number of hydrogen-bond donors (Lipinski definition) is 1. The smallest absolute Gasteiger partial charge is 0.284 e. The fraction of sp³-hybridized carbons (Fsp3) is 0.350. The van der Waals surface area contributed by atoms with E-state index in [1.807, 2.05) is 0 Å². The van der Waals surface area contributed by atoms with E-state index in [1.165, 1.54) is 29.8 Å². The molecule has 3 aromatic rings. The number of methoxy groups -OCH3 is 1. The van der Waals surface area contributed by atoms with Crippen LogP contribution in [-0.2, 0) is 14.8 Å². The molecule has 10 nitrogen and oxygen atoms in total. The lowest BCUT2D eigenvalue weighted by atomic mass is 10.2. The van der Waals surface area contributed by atoms with E-state index in [1.54, 1.807) is 18.2 Å². The van der Waals surface area contributed by atoms with E-state index in [2.05, 4.69) is 15.5 Å². The Labute approximate surface area is 189 Å². The quantitative estimate of drug-likeness (QED) is 0.485. The highest BCUT2D eigenvalue weighted by atomic mass is 32.2. The van der Waals surface area contributed by atoms with Gasteiger partial charge in [-0.05, 0) is 43.2 Å². The van der Waals surface area contributed by atoms with Crippen LogP contribution in [0.4, 0.5) is 5.69 Å². The summed E-state index contributed by atoms with van der Waals surface area (Å²) >= 11 is 1.06. The van der Waals surface area contributed by atoms with Crippen LogP contribution in [0.5, 0.6) is 5.75 Å². The summed E-state index contributed by atoms with van der Waals surface area (Å²) in [5.41, 5.74) is 0.355. The van der Waals surface area contributed by atoms with Gasteiger partial charge in [0.05, 0.1) is 19.1 Å². The van der Waals surface area contributed by atoms with Gasteiger partial charge in [0.1, 0.15) is 10.6 Å². The first kappa shape index (κ1) is 22.4. The standard InChI is InChI=1S/C20H22N4O6S2/c1-28-15-8-7-14(12-17(15)32(26,27)24-9-3-2-4-10-24)21-18(25)13-31-20-23-22-19(30-20)16-6-5-11-29-16/h5-8,11-12H,2-4,9-10,13H2,1H3,(H,21,25). The topological polar surface area (TPSA) is 128 Å². The molecule has 1 aromatic carbocycles. The van der Waals surface area contributed by atoms with Crippen molar-refractivity contribution in [3.8, 4) is 17.4 Å². The number of carbonyl (C=O) groups excluding carboxylic acids is 1. The van der Waals surface area contributed by atoms with E-state index in [9.17, 15) is 13.2 Å². The van der Waals surface area contributed by atoms with Crippen LogP contribution in [0.2, 0.25) is 0 Å². The molecule has 0 atom stereocenters. The highest BCUT2D eigenvalue weighted by Crippen LogP contribution is 2.31. The Hall–Kier alpha value is -2.83. The van der Waals surface area contributed by atoms with E-state index in [0.717, 1.165) is 31.0 Å². The minimum absolute atomic E-state index is 0.0000254.